The Bertz CT molecular complexity index is 479. The lowest BCUT2D eigenvalue weighted by molar-refractivity contribution is -0.139. The molecular formula is C11H12N2O2S2. The quantitative estimate of drug-likeness (QED) is 0.847. The third kappa shape index (κ3) is 3.54. The standard InChI is InChI=1S/C11H12N2O2S2/c1-15-10(14)4-9-7-17-11(13-9)12-5-8-2-3-16-6-8/h2-3,6-7H,4-5H2,1H3,(H,12,13). The van der Waals surface area contributed by atoms with Gasteiger partial charge in [0.25, 0.3) is 0 Å². The first-order valence-electron chi connectivity index (χ1n) is 5.04. The number of methoxy groups -OCH3 is 1. The molecule has 17 heavy (non-hydrogen) atoms. The average molecular weight is 268 g/mol. The van der Waals surface area contributed by atoms with Gasteiger partial charge in [-0.1, -0.05) is 0 Å². The van der Waals surface area contributed by atoms with E-state index in [-0.39, 0.29) is 12.4 Å². The van der Waals surface area contributed by atoms with E-state index in [4.69, 9.17) is 0 Å². The molecular weight excluding hydrogens is 256 g/mol. The van der Waals surface area contributed by atoms with Crippen LogP contribution in [-0.4, -0.2) is 18.1 Å². The average Bonchev–Trinajstić information content (AvgIpc) is 2.97. The first-order valence-corrected chi connectivity index (χ1v) is 6.86. The Kier molecular flexibility index (Phi) is 4.11. The lowest BCUT2D eigenvalue weighted by atomic mass is 10.3. The number of thiophene rings is 1. The van der Waals surface area contributed by atoms with Gasteiger partial charge < -0.3 is 10.1 Å². The summed E-state index contributed by atoms with van der Waals surface area (Å²) >= 11 is 3.17. The van der Waals surface area contributed by atoms with Gasteiger partial charge in [-0.25, -0.2) is 4.98 Å². The normalized spacial score (nSPS) is 10.2. The fourth-order valence-electron chi connectivity index (χ4n) is 1.26. The number of carbonyl (C=O) groups is 1. The van der Waals surface area contributed by atoms with E-state index in [2.05, 4.69) is 26.5 Å². The van der Waals surface area contributed by atoms with Gasteiger partial charge in [0.15, 0.2) is 5.13 Å². The van der Waals surface area contributed by atoms with Crippen LogP contribution >= 0.6 is 22.7 Å². The van der Waals surface area contributed by atoms with Crippen molar-refractivity contribution < 1.29 is 9.53 Å². The minimum atomic E-state index is -0.264. The SMILES string of the molecule is COC(=O)Cc1csc(NCc2ccsc2)n1. The molecule has 0 aliphatic rings. The van der Waals surface area contributed by atoms with Gasteiger partial charge in [-0.2, -0.15) is 11.3 Å². The second-order valence-corrected chi connectivity index (χ2v) is 5.02. The van der Waals surface area contributed by atoms with E-state index >= 15 is 0 Å². The van der Waals surface area contributed by atoms with Crippen molar-refractivity contribution in [1.82, 2.24) is 4.98 Å². The Balaban J connectivity index is 1.88. The van der Waals surface area contributed by atoms with Crippen LogP contribution in [0, 0.1) is 0 Å². The van der Waals surface area contributed by atoms with Gasteiger partial charge in [0, 0.05) is 11.9 Å². The lowest BCUT2D eigenvalue weighted by Crippen LogP contribution is -2.05. The van der Waals surface area contributed by atoms with Gasteiger partial charge in [0.1, 0.15) is 0 Å². The van der Waals surface area contributed by atoms with Crippen LogP contribution in [0.1, 0.15) is 11.3 Å². The minimum absolute atomic E-state index is 0.229. The molecule has 2 aromatic rings. The van der Waals surface area contributed by atoms with Crippen molar-refractivity contribution in [3.05, 3.63) is 33.5 Å². The van der Waals surface area contributed by atoms with Crippen LogP contribution in [0.5, 0.6) is 0 Å². The van der Waals surface area contributed by atoms with Gasteiger partial charge in [0.2, 0.25) is 0 Å². The number of ether oxygens (including phenoxy) is 1. The van der Waals surface area contributed by atoms with Crippen molar-refractivity contribution in [2.45, 2.75) is 13.0 Å². The maximum Gasteiger partial charge on any atom is 0.311 e. The summed E-state index contributed by atoms with van der Waals surface area (Å²) in [7, 11) is 1.38. The molecule has 0 fully saturated rings. The van der Waals surface area contributed by atoms with Crippen molar-refractivity contribution >= 4 is 33.8 Å². The number of rotatable bonds is 5. The van der Waals surface area contributed by atoms with Crippen molar-refractivity contribution in [3.8, 4) is 0 Å². The number of anilines is 1. The molecule has 0 spiro atoms. The molecule has 2 aromatic heterocycles. The summed E-state index contributed by atoms with van der Waals surface area (Å²) in [4.78, 5) is 15.4. The zero-order valence-electron chi connectivity index (χ0n) is 9.30. The second-order valence-electron chi connectivity index (χ2n) is 3.38. The van der Waals surface area contributed by atoms with Gasteiger partial charge >= 0.3 is 5.97 Å². The third-order valence-electron chi connectivity index (χ3n) is 2.13. The van der Waals surface area contributed by atoms with E-state index in [9.17, 15) is 4.79 Å². The largest absolute Gasteiger partial charge is 0.469 e. The number of nitrogens with one attached hydrogen (secondary N) is 1. The molecule has 0 atom stereocenters. The van der Waals surface area contributed by atoms with Crippen LogP contribution in [0.2, 0.25) is 0 Å². The molecule has 2 rings (SSSR count). The topological polar surface area (TPSA) is 51.2 Å². The lowest BCUT2D eigenvalue weighted by Gasteiger charge is -1.99. The molecule has 4 nitrogen and oxygen atoms in total. The predicted molar refractivity (Wildman–Crippen MR) is 69.5 cm³/mol. The Morgan fingerprint density at radius 3 is 3.12 bits per heavy atom. The summed E-state index contributed by atoms with van der Waals surface area (Å²) in [6.45, 7) is 0.759. The van der Waals surface area contributed by atoms with Crippen molar-refractivity contribution in [2.24, 2.45) is 0 Å². The smallest absolute Gasteiger partial charge is 0.311 e. The molecule has 0 unspecified atom stereocenters. The number of esters is 1. The number of hydrogen-bond acceptors (Lipinski definition) is 6. The highest BCUT2D eigenvalue weighted by atomic mass is 32.1. The Labute approximate surface area is 107 Å². The molecule has 0 amide bonds. The van der Waals surface area contributed by atoms with Crippen LogP contribution in [0.25, 0.3) is 0 Å². The van der Waals surface area contributed by atoms with E-state index in [1.165, 1.54) is 24.0 Å². The van der Waals surface area contributed by atoms with Gasteiger partial charge in [-0.05, 0) is 22.4 Å². The van der Waals surface area contributed by atoms with Crippen LogP contribution in [-0.2, 0) is 22.5 Å². The fourth-order valence-corrected chi connectivity index (χ4v) is 2.64. The van der Waals surface area contributed by atoms with Crippen molar-refractivity contribution in [2.75, 3.05) is 12.4 Å². The van der Waals surface area contributed by atoms with E-state index < -0.39 is 0 Å². The van der Waals surface area contributed by atoms with Crippen molar-refractivity contribution in [3.63, 3.8) is 0 Å². The first kappa shape index (κ1) is 12.1. The number of carbonyl (C=O) groups excluding carboxylic acids is 1. The molecule has 0 aliphatic carbocycles. The molecule has 6 heteroatoms. The van der Waals surface area contributed by atoms with E-state index in [0.717, 1.165) is 17.4 Å². The van der Waals surface area contributed by atoms with Crippen LogP contribution in [0.4, 0.5) is 5.13 Å². The van der Waals surface area contributed by atoms with Gasteiger partial charge in [-0.3, -0.25) is 4.79 Å². The van der Waals surface area contributed by atoms with Crippen molar-refractivity contribution in [1.29, 1.82) is 0 Å². The van der Waals surface area contributed by atoms with E-state index in [1.807, 2.05) is 10.8 Å². The molecule has 0 saturated heterocycles. The second kappa shape index (κ2) is 5.79. The summed E-state index contributed by atoms with van der Waals surface area (Å²) in [6, 6.07) is 2.07. The minimum Gasteiger partial charge on any atom is -0.469 e. The summed E-state index contributed by atoms with van der Waals surface area (Å²) < 4.78 is 4.59. The van der Waals surface area contributed by atoms with E-state index in [0.29, 0.717) is 0 Å². The highest BCUT2D eigenvalue weighted by Gasteiger charge is 2.07. The Morgan fingerprint density at radius 1 is 1.53 bits per heavy atom. The monoisotopic (exact) mass is 268 g/mol. The predicted octanol–water partition coefficient (Wildman–Crippen LogP) is 2.53. The first-order chi connectivity index (χ1) is 8.28. The summed E-state index contributed by atoms with van der Waals surface area (Å²) in [5.74, 6) is -0.264. The molecule has 2 heterocycles. The Hall–Kier alpha value is -1.40. The number of nitrogens with zero attached hydrogens (tertiary/aromatic N) is 1. The third-order valence-corrected chi connectivity index (χ3v) is 3.71. The molecule has 0 saturated carbocycles. The molecule has 0 aromatic carbocycles. The maximum absolute atomic E-state index is 11.1. The summed E-state index contributed by atoms with van der Waals surface area (Å²) in [6.07, 6.45) is 0.229. The molecule has 1 N–H and O–H groups in total. The highest BCUT2D eigenvalue weighted by Crippen LogP contribution is 2.17. The number of hydrogen-bond donors (Lipinski definition) is 1. The zero-order chi connectivity index (χ0) is 12.1. The highest BCUT2D eigenvalue weighted by molar-refractivity contribution is 7.13. The zero-order valence-corrected chi connectivity index (χ0v) is 10.9. The van der Waals surface area contributed by atoms with Gasteiger partial charge in [0.05, 0.1) is 19.2 Å². The van der Waals surface area contributed by atoms with Gasteiger partial charge in [-0.15, -0.1) is 11.3 Å². The van der Waals surface area contributed by atoms with Crippen LogP contribution < -0.4 is 5.32 Å². The summed E-state index contributed by atoms with van der Waals surface area (Å²) in [5, 5.41) is 10.1. The maximum atomic E-state index is 11.1. The molecule has 0 bridgehead atoms. The van der Waals surface area contributed by atoms with Crippen LogP contribution in [0.15, 0.2) is 22.2 Å². The molecule has 0 aliphatic heterocycles. The Morgan fingerprint density at radius 2 is 2.41 bits per heavy atom. The molecule has 0 radical (unpaired) electrons. The number of thiazole rings is 1. The number of aromatic nitrogens is 1. The molecule has 90 valence electrons. The summed E-state index contributed by atoms with van der Waals surface area (Å²) in [5.41, 5.74) is 1.98. The van der Waals surface area contributed by atoms with E-state index in [1.54, 1.807) is 11.3 Å². The fraction of sp³-hybridized carbons (Fsp3) is 0.273. The van der Waals surface area contributed by atoms with Crippen LogP contribution in [0.3, 0.4) is 0 Å².